The Morgan fingerprint density at radius 2 is 1.69 bits per heavy atom. The van der Waals surface area contributed by atoms with Gasteiger partial charge in [0.1, 0.15) is 23.4 Å². The number of Topliss-reactive ketones (excluding diaryl/α,β-unsaturated/α-hetero) is 1. The quantitative estimate of drug-likeness (QED) is 0.394. The zero-order valence-corrected chi connectivity index (χ0v) is 19.5. The molecule has 3 aromatic carbocycles. The standard InChI is InChI=1S/C28H28O7/c1-32-27(28(30)31)16-19-8-10-21(11-9-19)33-14-5-15-34-22-12-13-25-23(17-22)24(29)18-26(35-25)20-6-3-2-4-7-20/h2-4,6-13,17,26-27H,5,14-16,18H2,1H3,(H,30,31)/t26?,27-/m0/s1. The van der Waals surface area contributed by atoms with Crippen LogP contribution in [0.3, 0.4) is 0 Å². The Kier molecular flexibility index (Phi) is 8.00. The van der Waals surface area contributed by atoms with Crippen molar-refractivity contribution in [2.75, 3.05) is 20.3 Å². The molecule has 7 nitrogen and oxygen atoms in total. The molecule has 0 bridgehead atoms. The Labute approximate surface area is 204 Å². The van der Waals surface area contributed by atoms with Crippen LogP contribution in [0.1, 0.15) is 40.4 Å². The molecule has 3 aromatic rings. The first-order chi connectivity index (χ1) is 17.0. The van der Waals surface area contributed by atoms with Crippen LogP contribution in [0, 0.1) is 0 Å². The molecule has 0 radical (unpaired) electrons. The molecule has 0 fully saturated rings. The number of carboxylic acid groups (broad SMARTS) is 1. The number of ether oxygens (including phenoxy) is 4. The molecular weight excluding hydrogens is 448 g/mol. The molecule has 0 aliphatic carbocycles. The van der Waals surface area contributed by atoms with Gasteiger partial charge in [-0.15, -0.1) is 0 Å². The second-order valence-corrected chi connectivity index (χ2v) is 8.26. The third-order valence-corrected chi connectivity index (χ3v) is 5.79. The predicted molar refractivity (Wildman–Crippen MR) is 129 cm³/mol. The molecule has 0 saturated carbocycles. The highest BCUT2D eigenvalue weighted by Crippen LogP contribution is 2.36. The largest absolute Gasteiger partial charge is 0.493 e. The van der Waals surface area contributed by atoms with E-state index in [1.807, 2.05) is 60.7 Å². The molecular formula is C28H28O7. The van der Waals surface area contributed by atoms with Crippen molar-refractivity contribution in [1.29, 1.82) is 0 Å². The van der Waals surface area contributed by atoms with Gasteiger partial charge in [-0.1, -0.05) is 42.5 Å². The molecule has 7 heteroatoms. The van der Waals surface area contributed by atoms with Gasteiger partial charge in [-0.2, -0.15) is 0 Å². The summed E-state index contributed by atoms with van der Waals surface area (Å²) in [6.07, 6.45) is 0.114. The van der Waals surface area contributed by atoms with Gasteiger partial charge in [0.15, 0.2) is 11.9 Å². The Hall–Kier alpha value is -3.84. The van der Waals surface area contributed by atoms with E-state index in [2.05, 4.69) is 0 Å². The molecule has 35 heavy (non-hydrogen) atoms. The average molecular weight is 477 g/mol. The van der Waals surface area contributed by atoms with Crippen LogP contribution in [0.2, 0.25) is 0 Å². The zero-order chi connectivity index (χ0) is 24.6. The third kappa shape index (κ3) is 6.39. The summed E-state index contributed by atoms with van der Waals surface area (Å²) in [5.74, 6) is 0.948. The number of rotatable bonds is 11. The lowest BCUT2D eigenvalue weighted by molar-refractivity contribution is -0.148. The number of fused-ring (bicyclic) bond motifs is 1. The molecule has 1 N–H and O–H groups in total. The van der Waals surface area contributed by atoms with Crippen molar-refractivity contribution in [3.05, 3.63) is 89.5 Å². The molecule has 1 aliphatic heterocycles. The maximum Gasteiger partial charge on any atom is 0.333 e. The summed E-state index contributed by atoms with van der Waals surface area (Å²) < 4.78 is 22.6. The molecule has 0 aromatic heterocycles. The molecule has 1 heterocycles. The van der Waals surface area contributed by atoms with Gasteiger partial charge in [-0.3, -0.25) is 4.79 Å². The summed E-state index contributed by atoms with van der Waals surface area (Å²) in [5.41, 5.74) is 2.39. The molecule has 2 atom stereocenters. The minimum absolute atomic E-state index is 0.0394. The van der Waals surface area contributed by atoms with Gasteiger partial charge in [0.2, 0.25) is 0 Å². The van der Waals surface area contributed by atoms with Crippen LogP contribution in [0.15, 0.2) is 72.8 Å². The van der Waals surface area contributed by atoms with Gasteiger partial charge in [0.25, 0.3) is 0 Å². The minimum Gasteiger partial charge on any atom is -0.493 e. The first kappa shape index (κ1) is 24.3. The Balaban J connectivity index is 1.22. The van der Waals surface area contributed by atoms with E-state index in [4.69, 9.17) is 24.1 Å². The van der Waals surface area contributed by atoms with E-state index in [1.165, 1.54) is 7.11 Å². The number of benzene rings is 3. The third-order valence-electron chi connectivity index (χ3n) is 5.79. The summed E-state index contributed by atoms with van der Waals surface area (Å²) in [6, 6.07) is 22.4. The van der Waals surface area contributed by atoms with Crippen LogP contribution < -0.4 is 14.2 Å². The predicted octanol–water partition coefficient (Wildman–Crippen LogP) is 4.88. The first-order valence-corrected chi connectivity index (χ1v) is 11.5. The second kappa shape index (κ2) is 11.5. The molecule has 4 rings (SSSR count). The Morgan fingerprint density at radius 3 is 2.37 bits per heavy atom. The highest BCUT2D eigenvalue weighted by Gasteiger charge is 2.28. The van der Waals surface area contributed by atoms with Gasteiger partial charge < -0.3 is 24.1 Å². The van der Waals surface area contributed by atoms with Gasteiger partial charge in [0.05, 0.1) is 25.2 Å². The lowest BCUT2D eigenvalue weighted by Crippen LogP contribution is -2.24. The monoisotopic (exact) mass is 476 g/mol. The van der Waals surface area contributed by atoms with Crippen molar-refractivity contribution in [2.45, 2.75) is 31.5 Å². The lowest BCUT2D eigenvalue weighted by Gasteiger charge is -2.26. The number of ketones is 1. The van der Waals surface area contributed by atoms with E-state index in [9.17, 15) is 9.59 Å². The van der Waals surface area contributed by atoms with Crippen LogP contribution in [0.5, 0.6) is 17.2 Å². The van der Waals surface area contributed by atoms with Crippen molar-refractivity contribution < 1.29 is 33.6 Å². The number of carboxylic acids is 1. The summed E-state index contributed by atoms with van der Waals surface area (Å²) in [7, 11) is 1.38. The number of aliphatic carboxylic acids is 1. The topological polar surface area (TPSA) is 91.3 Å². The molecule has 1 unspecified atom stereocenters. The molecule has 0 spiro atoms. The Morgan fingerprint density at radius 1 is 1.00 bits per heavy atom. The molecule has 0 saturated heterocycles. The van der Waals surface area contributed by atoms with Crippen molar-refractivity contribution in [3.63, 3.8) is 0 Å². The van der Waals surface area contributed by atoms with Crippen molar-refractivity contribution >= 4 is 11.8 Å². The van der Waals surface area contributed by atoms with Crippen LogP contribution in [0.4, 0.5) is 0 Å². The van der Waals surface area contributed by atoms with E-state index in [0.717, 1.165) is 11.1 Å². The molecule has 182 valence electrons. The Bertz CT molecular complexity index is 1140. The number of carbonyl (C=O) groups is 2. The number of hydrogen-bond acceptors (Lipinski definition) is 6. The molecule has 1 aliphatic rings. The first-order valence-electron chi connectivity index (χ1n) is 11.5. The van der Waals surface area contributed by atoms with E-state index in [0.29, 0.717) is 55.3 Å². The van der Waals surface area contributed by atoms with Gasteiger partial charge >= 0.3 is 5.97 Å². The van der Waals surface area contributed by atoms with Crippen LogP contribution in [0.25, 0.3) is 0 Å². The van der Waals surface area contributed by atoms with Gasteiger partial charge in [-0.25, -0.2) is 4.79 Å². The lowest BCUT2D eigenvalue weighted by atomic mass is 9.96. The highest BCUT2D eigenvalue weighted by atomic mass is 16.5. The van der Waals surface area contributed by atoms with Gasteiger partial charge in [0, 0.05) is 20.0 Å². The van der Waals surface area contributed by atoms with Crippen molar-refractivity contribution in [3.8, 4) is 17.2 Å². The number of carbonyl (C=O) groups excluding carboxylic acids is 1. The summed E-state index contributed by atoms with van der Waals surface area (Å²) in [5, 5.41) is 9.08. The number of methoxy groups -OCH3 is 1. The summed E-state index contributed by atoms with van der Waals surface area (Å²) in [6.45, 7) is 0.896. The maximum atomic E-state index is 12.7. The van der Waals surface area contributed by atoms with Crippen molar-refractivity contribution in [2.24, 2.45) is 0 Å². The normalized spacial score (nSPS) is 15.6. The van der Waals surface area contributed by atoms with E-state index in [-0.39, 0.29) is 11.9 Å². The summed E-state index contributed by atoms with van der Waals surface area (Å²) in [4.78, 5) is 23.8. The fourth-order valence-corrected chi connectivity index (χ4v) is 3.89. The highest BCUT2D eigenvalue weighted by molar-refractivity contribution is 6.00. The van der Waals surface area contributed by atoms with Gasteiger partial charge in [-0.05, 0) is 41.5 Å². The maximum absolute atomic E-state index is 12.7. The fraction of sp³-hybridized carbons (Fsp3) is 0.286. The fourth-order valence-electron chi connectivity index (χ4n) is 3.89. The average Bonchev–Trinajstić information content (AvgIpc) is 2.88. The van der Waals surface area contributed by atoms with E-state index in [1.54, 1.807) is 12.1 Å². The van der Waals surface area contributed by atoms with Crippen LogP contribution >= 0.6 is 0 Å². The van der Waals surface area contributed by atoms with E-state index >= 15 is 0 Å². The number of hydrogen-bond donors (Lipinski definition) is 1. The van der Waals surface area contributed by atoms with E-state index < -0.39 is 12.1 Å². The van der Waals surface area contributed by atoms with Crippen LogP contribution in [-0.4, -0.2) is 43.3 Å². The van der Waals surface area contributed by atoms with Crippen LogP contribution in [-0.2, 0) is 16.0 Å². The smallest absolute Gasteiger partial charge is 0.333 e. The minimum atomic E-state index is -0.986. The molecule has 0 amide bonds. The van der Waals surface area contributed by atoms with Crippen molar-refractivity contribution in [1.82, 2.24) is 0 Å². The zero-order valence-electron chi connectivity index (χ0n) is 19.5. The SMILES string of the molecule is CO[C@@H](Cc1ccc(OCCCOc2ccc3c(c2)C(=O)CC(c2ccccc2)O3)cc1)C(=O)O. The second-order valence-electron chi connectivity index (χ2n) is 8.26. The summed E-state index contributed by atoms with van der Waals surface area (Å²) >= 11 is 0.